The van der Waals surface area contributed by atoms with Crippen LogP contribution in [0.15, 0.2) is 72.8 Å². The van der Waals surface area contributed by atoms with E-state index < -0.39 is 5.97 Å². The Bertz CT molecular complexity index is 1390. The van der Waals surface area contributed by atoms with E-state index in [2.05, 4.69) is 55.2 Å². The van der Waals surface area contributed by atoms with E-state index in [0.717, 1.165) is 34.5 Å². The fourth-order valence-corrected chi connectivity index (χ4v) is 4.68. The normalized spacial score (nSPS) is 15.0. The number of para-hydroxylation sites is 1. The number of fused-ring (bicyclic) bond motifs is 2. The molecule has 0 amide bonds. The van der Waals surface area contributed by atoms with Crippen molar-refractivity contribution in [2.75, 3.05) is 6.54 Å². The van der Waals surface area contributed by atoms with E-state index in [4.69, 9.17) is 4.98 Å². The fraction of sp³-hybridized carbons (Fsp3) is 0.172. The van der Waals surface area contributed by atoms with Crippen LogP contribution in [0.2, 0.25) is 0 Å². The smallest absolute Gasteiger partial charge is 0.336 e. The molecule has 0 fully saturated rings. The summed E-state index contributed by atoms with van der Waals surface area (Å²) < 4.78 is 0. The maximum Gasteiger partial charge on any atom is 0.336 e. The third kappa shape index (κ3) is 4.18. The Morgan fingerprint density at radius 2 is 1.76 bits per heavy atom. The van der Waals surface area contributed by atoms with Gasteiger partial charge in [0.2, 0.25) is 0 Å². The molecule has 1 aliphatic rings. The molecular weight excluding hydrogens is 408 g/mol. The molecule has 4 nitrogen and oxygen atoms in total. The molecule has 164 valence electrons. The summed E-state index contributed by atoms with van der Waals surface area (Å²) in [5, 5.41) is 10.9. The lowest BCUT2D eigenvalue weighted by atomic mass is 9.91. The Morgan fingerprint density at radius 1 is 1.00 bits per heavy atom. The molecule has 1 aliphatic heterocycles. The van der Waals surface area contributed by atoms with Crippen LogP contribution >= 0.6 is 0 Å². The number of carboxylic acid groups (broad SMARTS) is 1. The van der Waals surface area contributed by atoms with Crippen molar-refractivity contribution in [1.29, 1.82) is 0 Å². The number of pyridine rings is 1. The molecule has 4 aromatic rings. The highest BCUT2D eigenvalue weighted by atomic mass is 16.4. The molecule has 4 heteroatoms. The lowest BCUT2D eigenvalue weighted by Gasteiger charge is -2.31. The van der Waals surface area contributed by atoms with Gasteiger partial charge in [-0.05, 0) is 48.3 Å². The molecule has 3 aromatic carbocycles. The van der Waals surface area contributed by atoms with Gasteiger partial charge in [0.15, 0.2) is 0 Å². The third-order valence-electron chi connectivity index (χ3n) is 6.30. The number of benzene rings is 3. The number of carboxylic acids is 1. The van der Waals surface area contributed by atoms with E-state index >= 15 is 0 Å². The summed E-state index contributed by atoms with van der Waals surface area (Å²) in [7, 11) is 0. The van der Waals surface area contributed by atoms with Crippen molar-refractivity contribution < 1.29 is 9.90 Å². The van der Waals surface area contributed by atoms with E-state index in [0.29, 0.717) is 24.0 Å². The van der Waals surface area contributed by atoms with Crippen LogP contribution in [0.25, 0.3) is 22.6 Å². The van der Waals surface area contributed by atoms with Crippen LogP contribution in [0.3, 0.4) is 0 Å². The van der Waals surface area contributed by atoms with Gasteiger partial charge in [-0.3, -0.25) is 4.90 Å². The zero-order valence-electron chi connectivity index (χ0n) is 18.9. The average Bonchev–Trinajstić information content (AvgIpc) is 2.80. The standard InChI is InChI=1S/C29H26N2O2/c1-19-12-13-20(2)22(14-19)15-23-17-31(16-21-8-4-3-5-9-21)18-25-27(29(32)33)24-10-6-7-11-26(24)30-28(23)25/h3-15H,16-18H2,1-2H3,(H,32,33). The minimum atomic E-state index is -0.905. The molecule has 5 rings (SSSR count). The molecule has 2 heterocycles. The van der Waals surface area contributed by atoms with Crippen LogP contribution in [0.5, 0.6) is 0 Å². The first-order valence-electron chi connectivity index (χ1n) is 11.2. The molecule has 0 radical (unpaired) electrons. The molecule has 0 saturated carbocycles. The molecule has 1 N–H and O–H groups in total. The number of aromatic carboxylic acids is 1. The summed E-state index contributed by atoms with van der Waals surface area (Å²) in [6.07, 6.45) is 2.19. The van der Waals surface area contributed by atoms with Crippen molar-refractivity contribution in [2.45, 2.75) is 26.9 Å². The van der Waals surface area contributed by atoms with Crippen LogP contribution < -0.4 is 0 Å². The molecule has 0 aliphatic carbocycles. The molecular formula is C29H26N2O2. The van der Waals surface area contributed by atoms with E-state index in [-0.39, 0.29) is 0 Å². The van der Waals surface area contributed by atoms with Crippen LogP contribution in [-0.4, -0.2) is 27.5 Å². The van der Waals surface area contributed by atoms with E-state index in [1.807, 2.05) is 42.5 Å². The highest BCUT2D eigenvalue weighted by Gasteiger charge is 2.28. The van der Waals surface area contributed by atoms with Gasteiger partial charge < -0.3 is 5.11 Å². The minimum Gasteiger partial charge on any atom is -0.478 e. The highest BCUT2D eigenvalue weighted by molar-refractivity contribution is 6.06. The van der Waals surface area contributed by atoms with Crippen molar-refractivity contribution in [3.63, 3.8) is 0 Å². The number of carbonyl (C=O) groups is 1. The number of hydrogen-bond acceptors (Lipinski definition) is 3. The van der Waals surface area contributed by atoms with Crippen molar-refractivity contribution >= 4 is 28.5 Å². The maximum atomic E-state index is 12.4. The quantitative estimate of drug-likeness (QED) is 0.421. The first-order valence-corrected chi connectivity index (χ1v) is 11.2. The lowest BCUT2D eigenvalue weighted by molar-refractivity contribution is 0.0696. The summed E-state index contributed by atoms with van der Waals surface area (Å²) in [5.41, 5.74) is 8.46. The molecule has 0 bridgehead atoms. The average molecular weight is 435 g/mol. The van der Waals surface area contributed by atoms with Crippen molar-refractivity contribution in [3.05, 3.63) is 112 Å². The van der Waals surface area contributed by atoms with Crippen LogP contribution in [0.4, 0.5) is 0 Å². The second kappa shape index (κ2) is 8.64. The van der Waals surface area contributed by atoms with Crippen LogP contribution in [0, 0.1) is 13.8 Å². The van der Waals surface area contributed by atoms with Gasteiger partial charge in [-0.25, -0.2) is 9.78 Å². The van der Waals surface area contributed by atoms with E-state index in [1.54, 1.807) is 0 Å². The largest absolute Gasteiger partial charge is 0.478 e. The molecule has 33 heavy (non-hydrogen) atoms. The monoisotopic (exact) mass is 434 g/mol. The topological polar surface area (TPSA) is 53.4 Å². The summed E-state index contributed by atoms with van der Waals surface area (Å²) in [4.78, 5) is 19.7. The molecule has 0 unspecified atom stereocenters. The van der Waals surface area contributed by atoms with Gasteiger partial charge in [-0.2, -0.15) is 0 Å². The molecule has 1 aromatic heterocycles. The highest BCUT2D eigenvalue weighted by Crippen LogP contribution is 2.35. The summed E-state index contributed by atoms with van der Waals surface area (Å²) in [6, 6.07) is 24.3. The summed E-state index contributed by atoms with van der Waals surface area (Å²) in [5.74, 6) is -0.905. The molecule has 0 spiro atoms. The Balaban J connectivity index is 1.71. The second-order valence-electron chi connectivity index (χ2n) is 8.80. The second-order valence-corrected chi connectivity index (χ2v) is 8.80. The van der Waals surface area contributed by atoms with Crippen LogP contribution in [-0.2, 0) is 13.1 Å². The van der Waals surface area contributed by atoms with Crippen LogP contribution in [0.1, 0.15) is 43.9 Å². The first kappa shape index (κ1) is 21.1. The van der Waals surface area contributed by atoms with E-state index in [9.17, 15) is 9.90 Å². The van der Waals surface area contributed by atoms with Gasteiger partial charge in [0.05, 0.1) is 16.8 Å². The zero-order valence-corrected chi connectivity index (χ0v) is 18.9. The Morgan fingerprint density at radius 3 is 2.55 bits per heavy atom. The van der Waals surface area contributed by atoms with Gasteiger partial charge in [-0.15, -0.1) is 0 Å². The lowest BCUT2D eigenvalue weighted by Crippen LogP contribution is -2.31. The van der Waals surface area contributed by atoms with Gasteiger partial charge in [0, 0.05) is 30.6 Å². The predicted octanol–water partition coefficient (Wildman–Crippen LogP) is 6.11. The molecule has 0 atom stereocenters. The maximum absolute atomic E-state index is 12.4. The summed E-state index contributed by atoms with van der Waals surface area (Å²) in [6.45, 7) is 6.20. The fourth-order valence-electron chi connectivity index (χ4n) is 4.68. The van der Waals surface area contributed by atoms with Gasteiger partial charge in [0.25, 0.3) is 0 Å². The van der Waals surface area contributed by atoms with Gasteiger partial charge in [0.1, 0.15) is 0 Å². The van der Waals surface area contributed by atoms with E-state index in [1.165, 1.54) is 16.7 Å². The summed E-state index contributed by atoms with van der Waals surface area (Å²) >= 11 is 0. The third-order valence-corrected chi connectivity index (χ3v) is 6.30. The van der Waals surface area contributed by atoms with Crippen molar-refractivity contribution in [1.82, 2.24) is 9.88 Å². The number of aromatic nitrogens is 1. The first-order chi connectivity index (χ1) is 16.0. The van der Waals surface area contributed by atoms with Gasteiger partial charge >= 0.3 is 5.97 Å². The van der Waals surface area contributed by atoms with Crippen molar-refractivity contribution in [2.24, 2.45) is 0 Å². The SMILES string of the molecule is Cc1ccc(C)c(C=C2CN(Cc3ccccc3)Cc3c2nc2ccccc2c3C(=O)O)c1. The number of rotatable bonds is 4. The Kier molecular flexibility index (Phi) is 5.53. The number of nitrogens with zero attached hydrogens (tertiary/aromatic N) is 2. The van der Waals surface area contributed by atoms with Crippen molar-refractivity contribution in [3.8, 4) is 0 Å². The predicted molar refractivity (Wildman–Crippen MR) is 133 cm³/mol. The minimum absolute atomic E-state index is 0.361. The number of aryl methyl sites for hydroxylation is 2. The Hall–Kier alpha value is -3.76. The Labute approximate surface area is 193 Å². The number of hydrogen-bond donors (Lipinski definition) is 1. The molecule has 0 saturated heterocycles. The van der Waals surface area contributed by atoms with Gasteiger partial charge in [-0.1, -0.05) is 72.3 Å². The zero-order chi connectivity index (χ0) is 22.9.